The molecule has 4 nitrogen and oxygen atoms in total. The van der Waals surface area contributed by atoms with Crippen molar-refractivity contribution >= 4 is 0 Å². The molecule has 3 rings (SSSR count). The van der Waals surface area contributed by atoms with Crippen LogP contribution in [0.4, 0.5) is 4.39 Å². The average Bonchev–Trinajstić information content (AvgIpc) is 2.86. The van der Waals surface area contributed by atoms with Crippen molar-refractivity contribution in [3.05, 3.63) is 35.1 Å². The maximum Gasteiger partial charge on any atom is 0.173 e. The zero-order valence-corrected chi connectivity index (χ0v) is 12.4. The SMILES string of the molecule is Cc1ccc(F)c(CNC[C@H]2COC3(CCOCC3)O2)c1. The maximum atomic E-state index is 13.6. The average molecular weight is 295 g/mol. The molecular formula is C16H22FNO3. The van der Waals surface area contributed by atoms with Crippen molar-refractivity contribution < 1.29 is 18.6 Å². The molecule has 0 radical (unpaired) electrons. The lowest BCUT2D eigenvalue weighted by molar-refractivity contribution is -0.210. The maximum absolute atomic E-state index is 13.6. The fourth-order valence-corrected chi connectivity index (χ4v) is 2.87. The standard InChI is InChI=1S/C16H22FNO3/c1-12-2-3-15(17)13(8-12)9-18-10-14-11-20-16(21-14)4-6-19-7-5-16/h2-3,8,14,18H,4-7,9-11H2,1H3/t14-/m0/s1. The molecule has 1 aromatic rings. The van der Waals surface area contributed by atoms with Crippen LogP contribution in [-0.4, -0.2) is 38.3 Å². The van der Waals surface area contributed by atoms with Gasteiger partial charge in [0.05, 0.1) is 25.9 Å². The van der Waals surface area contributed by atoms with Gasteiger partial charge in [0.15, 0.2) is 5.79 Å². The van der Waals surface area contributed by atoms with Gasteiger partial charge in [0, 0.05) is 31.5 Å². The predicted octanol–water partition coefficient (Wildman–Crippen LogP) is 2.15. The Morgan fingerprint density at radius 2 is 2.14 bits per heavy atom. The van der Waals surface area contributed by atoms with Gasteiger partial charge in [-0.3, -0.25) is 0 Å². The number of hydrogen-bond acceptors (Lipinski definition) is 4. The van der Waals surface area contributed by atoms with Gasteiger partial charge in [0.25, 0.3) is 0 Å². The summed E-state index contributed by atoms with van der Waals surface area (Å²) in [5.74, 6) is -0.614. The highest BCUT2D eigenvalue weighted by Crippen LogP contribution is 2.32. The first-order valence-electron chi connectivity index (χ1n) is 7.52. The van der Waals surface area contributed by atoms with Crippen LogP contribution in [-0.2, 0) is 20.8 Å². The van der Waals surface area contributed by atoms with Crippen molar-refractivity contribution in [2.45, 2.75) is 38.2 Å². The van der Waals surface area contributed by atoms with Gasteiger partial charge in [-0.1, -0.05) is 17.7 Å². The van der Waals surface area contributed by atoms with E-state index in [0.717, 1.165) is 18.4 Å². The van der Waals surface area contributed by atoms with Gasteiger partial charge < -0.3 is 19.5 Å². The number of nitrogens with one attached hydrogen (secondary N) is 1. The molecule has 0 amide bonds. The Hall–Kier alpha value is -1.01. The molecule has 21 heavy (non-hydrogen) atoms. The van der Waals surface area contributed by atoms with Crippen LogP contribution in [0, 0.1) is 12.7 Å². The zero-order valence-electron chi connectivity index (χ0n) is 12.4. The van der Waals surface area contributed by atoms with Gasteiger partial charge in [-0.05, 0) is 13.0 Å². The number of hydrogen-bond donors (Lipinski definition) is 1. The predicted molar refractivity (Wildman–Crippen MR) is 76.5 cm³/mol. The molecule has 0 saturated carbocycles. The quantitative estimate of drug-likeness (QED) is 0.924. The van der Waals surface area contributed by atoms with E-state index in [1.165, 1.54) is 6.07 Å². The van der Waals surface area contributed by atoms with Crippen molar-refractivity contribution in [3.63, 3.8) is 0 Å². The fourth-order valence-electron chi connectivity index (χ4n) is 2.87. The molecule has 2 saturated heterocycles. The van der Waals surface area contributed by atoms with Crippen LogP contribution in [0.5, 0.6) is 0 Å². The first-order chi connectivity index (χ1) is 10.2. The van der Waals surface area contributed by atoms with Crippen molar-refractivity contribution in [1.82, 2.24) is 5.32 Å². The van der Waals surface area contributed by atoms with Crippen LogP contribution < -0.4 is 5.32 Å². The summed E-state index contributed by atoms with van der Waals surface area (Å²) in [6, 6.07) is 5.16. The molecular weight excluding hydrogens is 273 g/mol. The van der Waals surface area contributed by atoms with E-state index < -0.39 is 5.79 Å². The Labute approximate surface area is 124 Å². The number of ether oxygens (including phenoxy) is 3. The summed E-state index contributed by atoms with van der Waals surface area (Å²) in [7, 11) is 0. The van der Waals surface area contributed by atoms with Gasteiger partial charge >= 0.3 is 0 Å². The van der Waals surface area contributed by atoms with Crippen LogP contribution in [0.2, 0.25) is 0 Å². The minimum absolute atomic E-state index is 0.0240. The number of rotatable bonds is 4. The summed E-state index contributed by atoms with van der Waals surface area (Å²) in [5.41, 5.74) is 1.75. The highest BCUT2D eigenvalue weighted by Gasteiger charge is 2.42. The van der Waals surface area contributed by atoms with Gasteiger partial charge in [0.2, 0.25) is 0 Å². The smallest absolute Gasteiger partial charge is 0.173 e. The molecule has 5 heteroatoms. The second-order valence-corrected chi connectivity index (χ2v) is 5.80. The van der Waals surface area contributed by atoms with Crippen molar-refractivity contribution in [3.8, 4) is 0 Å². The molecule has 0 aliphatic carbocycles. The van der Waals surface area contributed by atoms with E-state index in [0.29, 0.717) is 38.5 Å². The van der Waals surface area contributed by atoms with Crippen LogP contribution >= 0.6 is 0 Å². The molecule has 0 bridgehead atoms. The first-order valence-corrected chi connectivity index (χ1v) is 7.52. The molecule has 1 N–H and O–H groups in total. The van der Waals surface area contributed by atoms with Gasteiger partial charge in [-0.25, -0.2) is 4.39 Å². The molecule has 2 fully saturated rings. The fraction of sp³-hybridized carbons (Fsp3) is 0.625. The summed E-state index contributed by atoms with van der Waals surface area (Å²) >= 11 is 0. The van der Waals surface area contributed by atoms with Crippen LogP contribution in [0.25, 0.3) is 0 Å². The Bertz CT molecular complexity index is 488. The second-order valence-electron chi connectivity index (χ2n) is 5.80. The summed E-state index contributed by atoms with van der Waals surface area (Å²) < 4.78 is 30.8. The van der Waals surface area contributed by atoms with Gasteiger partial charge in [-0.15, -0.1) is 0 Å². The van der Waals surface area contributed by atoms with Gasteiger partial charge in [-0.2, -0.15) is 0 Å². The van der Waals surface area contributed by atoms with E-state index >= 15 is 0 Å². The highest BCUT2D eigenvalue weighted by atomic mass is 19.1. The van der Waals surface area contributed by atoms with Crippen LogP contribution in [0.15, 0.2) is 18.2 Å². The third-order valence-electron chi connectivity index (χ3n) is 4.06. The summed E-state index contributed by atoms with van der Waals surface area (Å²) in [5, 5.41) is 3.26. The lowest BCUT2D eigenvalue weighted by atomic mass is 10.1. The van der Waals surface area contributed by atoms with E-state index in [-0.39, 0.29) is 11.9 Å². The molecule has 2 heterocycles. The molecule has 1 spiro atoms. The minimum Gasteiger partial charge on any atom is -0.381 e. The number of aryl methyl sites for hydroxylation is 1. The Kier molecular flexibility index (Phi) is 4.54. The molecule has 116 valence electrons. The Morgan fingerprint density at radius 1 is 1.33 bits per heavy atom. The number of halogens is 1. The lowest BCUT2D eigenvalue weighted by Gasteiger charge is -2.31. The molecule has 2 aliphatic heterocycles. The minimum atomic E-state index is -0.445. The van der Waals surface area contributed by atoms with Crippen molar-refractivity contribution in [2.75, 3.05) is 26.4 Å². The van der Waals surface area contributed by atoms with Crippen molar-refractivity contribution in [2.24, 2.45) is 0 Å². The third kappa shape index (κ3) is 3.61. The van der Waals surface area contributed by atoms with E-state index in [1.54, 1.807) is 6.07 Å². The highest BCUT2D eigenvalue weighted by molar-refractivity contribution is 5.23. The Morgan fingerprint density at radius 3 is 2.95 bits per heavy atom. The summed E-state index contributed by atoms with van der Waals surface area (Å²) in [6.07, 6.45) is 1.60. The molecule has 1 aromatic carbocycles. The largest absolute Gasteiger partial charge is 0.381 e. The lowest BCUT2D eigenvalue weighted by Crippen LogP contribution is -2.39. The molecule has 1 atom stereocenters. The summed E-state index contributed by atoms with van der Waals surface area (Å²) in [4.78, 5) is 0. The van der Waals surface area contributed by atoms with E-state index in [9.17, 15) is 4.39 Å². The molecule has 2 aliphatic rings. The topological polar surface area (TPSA) is 39.7 Å². The Balaban J connectivity index is 1.47. The van der Waals surface area contributed by atoms with Crippen LogP contribution in [0.1, 0.15) is 24.0 Å². The second kappa shape index (κ2) is 6.40. The molecule has 0 unspecified atom stereocenters. The summed E-state index contributed by atoms with van der Waals surface area (Å²) in [6.45, 7) is 5.10. The third-order valence-corrected chi connectivity index (χ3v) is 4.06. The van der Waals surface area contributed by atoms with E-state index in [4.69, 9.17) is 14.2 Å². The monoisotopic (exact) mass is 295 g/mol. The van der Waals surface area contributed by atoms with Gasteiger partial charge in [0.1, 0.15) is 5.82 Å². The normalized spacial score (nSPS) is 24.6. The van der Waals surface area contributed by atoms with Crippen LogP contribution in [0.3, 0.4) is 0 Å². The zero-order chi connectivity index (χ0) is 14.7. The number of benzene rings is 1. The van der Waals surface area contributed by atoms with E-state index in [2.05, 4.69) is 5.32 Å². The first kappa shape index (κ1) is 14.9. The van der Waals surface area contributed by atoms with Crippen molar-refractivity contribution in [1.29, 1.82) is 0 Å². The van der Waals surface area contributed by atoms with E-state index in [1.807, 2.05) is 13.0 Å². The molecule has 0 aromatic heterocycles.